The number of hydrogen-bond acceptors (Lipinski definition) is 3. The molecular weight excluding hydrogens is 383 g/mol. The van der Waals surface area contributed by atoms with Gasteiger partial charge in [-0.05, 0) is 54.2 Å². The molecule has 2 amide bonds. The lowest BCUT2D eigenvalue weighted by atomic mass is 10.2. The Morgan fingerprint density at radius 3 is 2.35 bits per heavy atom. The zero-order chi connectivity index (χ0) is 17.0. The smallest absolute Gasteiger partial charge is 0.285 e. The first-order valence-electron chi connectivity index (χ1n) is 6.62. The second-order valence-corrected chi connectivity index (χ2v) is 6.81. The van der Waals surface area contributed by atoms with Gasteiger partial charge in [0.15, 0.2) is 0 Å². The van der Waals surface area contributed by atoms with E-state index in [1.165, 1.54) is 17.0 Å². The molecule has 0 unspecified atom stereocenters. The van der Waals surface area contributed by atoms with E-state index in [-0.39, 0.29) is 10.8 Å². The van der Waals surface area contributed by atoms with Gasteiger partial charge in [-0.2, -0.15) is 0 Å². The summed E-state index contributed by atoms with van der Waals surface area (Å²) >= 11 is 4.23. The quantitative estimate of drug-likeness (QED) is 0.770. The number of amides is 2. The number of nitrogens with one attached hydrogen (secondary N) is 1. The highest BCUT2D eigenvalue weighted by atomic mass is 79.9. The molecule has 0 radical (unpaired) electrons. The summed E-state index contributed by atoms with van der Waals surface area (Å²) in [4.78, 5) is 25.9. The van der Waals surface area contributed by atoms with Crippen molar-refractivity contribution in [1.82, 2.24) is 4.90 Å². The first-order valence-corrected chi connectivity index (χ1v) is 8.23. The lowest BCUT2D eigenvalue weighted by molar-refractivity contribution is 0.102. The molecular formula is C16H14BrFN2O2S. The van der Waals surface area contributed by atoms with Crippen molar-refractivity contribution in [2.75, 3.05) is 19.4 Å². The number of carbonyl (C=O) groups excluding carboxylic acids is 2. The number of hydrogen-bond donors (Lipinski definition) is 1. The third-order valence-corrected chi connectivity index (χ3v) is 4.40. The second kappa shape index (κ2) is 7.61. The van der Waals surface area contributed by atoms with Crippen LogP contribution < -0.4 is 5.32 Å². The summed E-state index contributed by atoms with van der Waals surface area (Å²) in [6, 6.07) is 11.0. The van der Waals surface area contributed by atoms with E-state index in [0.717, 1.165) is 16.7 Å². The van der Waals surface area contributed by atoms with Crippen LogP contribution >= 0.6 is 27.7 Å². The number of anilines is 1. The number of nitrogens with zero attached hydrogens (tertiary/aromatic N) is 1. The maximum absolute atomic E-state index is 13.8. The minimum atomic E-state index is -0.597. The fourth-order valence-corrected chi connectivity index (χ4v) is 2.66. The molecule has 0 atom stereocenters. The van der Waals surface area contributed by atoms with Crippen molar-refractivity contribution in [1.29, 1.82) is 0 Å². The Kier molecular flexibility index (Phi) is 5.79. The molecule has 0 saturated heterocycles. The Bertz CT molecular complexity index is 735. The SMILES string of the molecule is CN(C)C(=O)Sc1ccc(NC(=O)c2ccc(Br)cc2F)cc1. The molecule has 23 heavy (non-hydrogen) atoms. The van der Waals surface area contributed by atoms with E-state index >= 15 is 0 Å². The summed E-state index contributed by atoms with van der Waals surface area (Å²) < 4.78 is 14.3. The zero-order valence-corrected chi connectivity index (χ0v) is 14.9. The molecule has 0 fully saturated rings. The Morgan fingerprint density at radius 2 is 1.78 bits per heavy atom. The summed E-state index contributed by atoms with van der Waals surface area (Å²) in [5, 5.41) is 2.54. The van der Waals surface area contributed by atoms with Crippen LogP contribution in [0.2, 0.25) is 0 Å². The van der Waals surface area contributed by atoms with E-state index < -0.39 is 11.7 Å². The van der Waals surface area contributed by atoms with E-state index in [0.29, 0.717) is 10.2 Å². The Labute approximate surface area is 146 Å². The van der Waals surface area contributed by atoms with Gasteiger partial charge in [-0.15, -0.1) is 0 Å². The summed E-state index contributed by atoms with van der Waals surface area (Å²) in [5.41, 5.74) is 0.494. The second-order valence-electron chi connectivity index (χ2n) is 4.87. The van der Waals surface area contributed by atoms with Gasteiger partial charge in [0, 0.05) is 29.2 Å². The molecule has 120 valence electrons. The monoisotopic (exact) mass is 396 g/mol. The molecule has 2 aromatic carbocycles. The molecule has 2 rings (SSSR count). The molecule has 0 aromatic heterocycles. The molecule has 0 bridgehead atoms. The van der Waals surface area contributed by atoms with Gasteiger partial charge >= 0.3 is 0 Å². The van der Waals surface area contributed by atoms with Crippen LogP contribution in [0.4, 0.5) is 14.9 Å². The Balaban J connectivity index is 2.06. The summed E-state index contributed by atoms with van der Waals surface area (Å²) in [6.07, 6.45) is 0. The van der Waals surface area contributed by atoms with Crippen LogP contribution in [-0.4, -0.2) is 30.1 Å². The van der Waals surface area contributed by atoms with E-state index in [4.69, 9.17) is 0 Å². The third-order valence-electron chi connectivity index (χ3n) is 2.86. The predicted molar refractivity (Wildman–Crippen MR) is 93.4 cm³/mol. The molecule has 4 nitrogen and oxygen atoms in total. The summed E-state index contributed by atoms with van der Waals surface area (Å²) in [6.45, 7) is 0. The van der Waals surface area contributed by atoms with Crippen molar-refractivity contribution in [3.8, 4) is 0 Å². The van der Waals surface area contributed by atoms with Gasteiger partial charge in [-0.1, -0.05) is 15.9 Å². The minimum Gasteiger partial charge on any atom is -0.339 e. The van der Waals surface area contributed by atoms with E-state index in [1.54, 1.807) is 44.4 Å². The number of thioether (sulfide) groups is 1. The standard InChI is InChI=1S/C16H14BrFN2O2S/c1-20(2)16(22)23-12-6-4-11(5-7-12)19-15(21)13-8-3-10(17)9-14(13)18/h3-9H,1-2H3,(H,19,21). The largest absolute Gasteiger partial charge is 0.339 e. The molecule has 1 N–H and O–H groups in total. The average molecular weight is 397 g/mol. The number of benzene rings is 2. The third kappa shape index (κ3) is 4.80. The Morgan fingerprint density at radius 1 is 1.13 bits per heavy atom. The fraction of sp³-hybridized carbons (Fsp3) is 0.125. The van der Waals surface area contributed by atoms with Gasteiger partial charge in [-0.25, -0.2) is 4.39 Å². The van der Waals surface area contributed by atoms with E-state index in [1.807, 2.05) is 0 Å². The predicted octanol–water partition coefficient (Wildman–Crippen LogP) is 4.61. The summed E-state index contributed by atoms with van der Waals surface area (Å²) in [7, 11) is 3.35. The highest BCUT2D eigenvalue weighted by molar-refractivity contribution is 9.10. The Hall–Kier alpha value is -1.86. The molecule has 0 spiro atoms. The van der Waals surface area contributed by atoms with Gasteiger partial charge in [0.05, 0.1) is 5.56 Å². The van der Waals surface area contributed by atoms with Crippen LogP contribution in [0, 0.1) is 5.82 Å². The van der Waals surface area contributed by atoms with Crippen LogP contribution in [0.3, 0.4) is 0 Å². The van der Waals surface area contributed by atoms with Crippen molar-refractivity contribution in [2.24, 2.45) is 0 Å². The molecule has 0 heterocycles. The molecule has 0 aliphatic rings. The molecule has 7 heteroatoms. The van der Waals surface area contributed by atoms with Crippen molar-refractivity contribution in [3.63, 3.8) is 0 Å². The normalized spacial score (nSPS) is 10.3. The highest BCUT2D eigenvalue weighted by Gasteiger charge is 2.12. The van der Waals surface area contributed by atoms with Gasteiger partial charge < -0.3 is 10.2 Å². The van der Waals surface area contributed by atoms with Crippen molar-refractivity contribution in [3.05, 3.63) is 58.3 Å². The zero-order valence-electron chi connectivity index (χ0n) is 12.5. The fourth-order valence-electron chi connectivity index (χ4n) is 1.67. The highest BCUT2D eigenvalue weighted by Crippen LogP contribution is 2.23. The van der Waals surface area contributed by atoms with Gasteiger partial charge in [0.2, 0.25) is 0 Å². The summed E-state index contributed by atoms with van der Waals surface area (Å²) in [5.74, 6) is -1.12. The van der Waals surface area contributed by atoms with Crippen LogP contribution in [0.25, 0.3) is 0 Å². The lowest BCUT2D eigenvalue weighted by Gasteiger charge is -2.10. The van der Waals surface area contributed by atoms with Crippen molar-refractivity contribution >= 4 is 44.5 Å². The van der Waals surface area contributed by atoms with E-state index in [2.05, 4.69) is 21.2 Å². The molecule has 0 aliphatic carbocycles. The van der Waals surface area contributed by atoms with Gasteiger partial charge in [0.1, 0.15) is 5.82 Å². The number of rotatable bonds is 3. The number of carbonyl (C=O) groups is 2. The number of halogens is 2. The van der Waals surface area contributed by atoms with Crippen molar-refractivity contribution < 1.29 is 14.0 Å². The minimum absolute atomic E-state index is 0.0329. The van der Waals surface area contributed by atoms with Crippen LogP contribution in [0.1, 0.15) is 10.4 Å². The topological polar surface area (TPSA) is 49.4 Å². The lowest BCUT2D eigenvalue weighted by Crippen LogP contribution is -2.16. The first-order chi connectivity index (χ1) is 10.9. The van der Waals surface area contributed by atoms with Crippen LogP contribution in [-0.2, 0) is 0 Å². The molecule has 0 saturated carbocycles. The maximum Gasteiger partial charge on any atom is 0.285 e. The first kappa shape index (κ1) is 17.5. The van der Waals surface area contributed by atoms with E-state index in [9.17, 15) is 14.0 Å². The average Bonchev–Trinajstić information content (AvgIpc) is 2.48. The molecule has 2 aromatic rings. The van der Waals surface area contributed by atoms with Crippen LogP contribution in [0.5, 0.6) is 0 Å². The van der Waals surface area contributed by atoms with Crippen LogP contribution in [0.15, 0.2) is 51.8 Å². The maximum atomic E-state index is 13.8. The molecule has 0 aliphatic heterocycles. The van der Waals surface area contributed by atoms with Gasteiger partial charge in [0.25, 0.3) is 11.1 Å². The van der Waals surface area contributed by atoms with Crippen molar-refractivity contribution in [2.45, 2.75) is 4.90 Å². The van der Waals surface area contributed by atoms with Gasteiger partial charge in [-0.3, -0.25) is 9.59 Å².